The van der Waals surface area contributed by atoms with Gasteiger partial charge in [-0.2, -0.15) is 8.42 Å². The standard InChI is InChI=1S/C10H14O7S2/c1-8-7-9(3-2-6-15-19(12,13)14)4-5-10(8)18-17-16-11/h4-5,7,11H,2-3,6H2,1H3,(H,12,13,14). The quantitative estimate of drug-likeness (QED) is 0.248. The van der Waals surface area contributed by atoms with Crippen molar-refractivity contribution >= 4 is 22.4 Å². The summed E-state index contributed by atoms with van der Waals surface area (Å²) in [6.45, 7) is 1.79. The van der Waals surface area contributed by atoms with Crippen LogP contribution in [0.4, 0.5) is 0 Å². The fourth-order valence-electron chi connectivity index (χ4n) is 1.45. The van der Waals surface area contributed by atoms with Crippen molar-refractivity contribution in [3.63, 3.8) is 0 Å². The predicted octanol–water partition coefficient (Wildman–Crippen LogP) is 2.18. The van der Waals surface area contributed by atoms with E-state index in [1.54, 1.807) is 6.07 Å². The van der Waals surface area contributed by atoms with Crippen LogP contribution < -0.4 is 0 Å². The number of hydrogen-bond acceptors (Lipinski definition) is 7. The smallest absolute Gasteiger partial charge is 0.264 e. The van der Waals surface area contributed by atoms with Crippen molar-refractivity contribution in [1.29, 1.82) is 0 Å². The average molecular weight is 310 g/mol. The molecular formula is C10H14O7S2. The first-order valence-corrected chi connectivity index (χ1v) is 7.39. The highest BCUT2D eigenvalue weighted by molar-refractivity contribution is 7.94. The van der Waals surface area contributed by atoms with E-state index >= 15 is 0 Å². The van der Waals surface area contributed by atoms with Crippen molar-refractivity contribution in [2.75, 3.05) is 6.61 Å². The third-order valence-corrected chi connectivity index (χ3v) is 3.47. The summed E-state index contributed by atoms with van der Waals surface area (Å²) in [7, 11) is -4.36. The summed E-state index contributed by atoms with van der Waals surface area (Å²) in [6, 6.07) is 5.53. The van der Waals surface area contributed by atoms with Crippen LogP contribution in [0.25, 0.3) is 0 Å². The van der Waals surface area contributed by atoms with Gasteiger partial charge >= 0.3 is 10.4 Å². The highest BCUT2D eigenvalue weighted by Crippen LogP contribution is 2.24. The number of aryl methyl sites for hydroxylation is 2. The van der Waals surface area contributed by atoms with E-state index in [1.807, 2.05) is 19.1 Å². The van der Waals surface area contributed by atoms with Crippen molar-refractivity contribution in [1.82, 2.24) is 0 Å². The van der Waals surface area contributed by atoms with Crippen LogP contribution in [0.5, 0.6) is 0 Å². The lowest BCUT2D eigenvalue weighted by Crippen LogP contribution is -2.05. The van der Waals surface area contributed by atoms with Crippen molar-refractivity contribution in [2.24, 2.45) is 0 Å². The molecule has 0 bridgehead atoms. The van der Waals surface area contributed by atoms with E-state index in [1.165, 1.54) is 0 Å². The molecule has 0 saturated heterocycles. The lowest BCUT2D eigenvalue weighted by atomic mass is 10.1. The summed E-state index contributed by atoms with van der Waals surface area (Å²) in [4.78, 5) is 0.784. The fourth-order valence-corrected chi connectivity index (χ4v) is 2.20. The third-order valence-electron chi connectivity index (χ3n) is 2.24. The zero-order valence-corrected chi connectivity index (χ0v) is 11.7. The molecule has 108 valence electrons. The van der Waals surface area contributed by atoms with Crippen LogP contribution in [0.2, 0.25) is 0 Å². The first kappa shape index (κ1) is 16.4. The fraction of sp³-hybridized carbons (Fsp3) is 0.400. The zero-order valence-electron chi connectivity index (χ0n) is 10.1. The van der Waals surface area contributed by atoms with Gasteiger partial charge in [0.2, 0.25) is 0 Å². The maximum absolute atomic E-state index is 10.3. The Kier molecular flexibility index (Phi) is 6.72. The second kappa shape index (κ2) is 7.80. The van der Waals surface area contributed by atoms with E-state index in [9.17, 15) is 8.42 Å². The summed E-state index contributed by atoms with van der Waals surface area (Å²) in [5.74, 6) is 0. The van der Waals surface area contributed by atoms with Gasteiger partial charge in [0.05, 0.1) is 18.6 Å². The van der Waals surface area contributed by atoms with Gasteiger partial charge < -0.3 is 0 Å². The second-order valence-corrected chi connectivity index (χ2v) is 5.51. The number of benzene rings is 1. The Balaban J connectivity index is 2.45. The molecule has 0 radical (unpaired) electrons. The van der Waals surface area contributed by atoms with Gasteiger partial charge in [0.25, 0.3) is 0 Å². The average Bonchev–Trinajstić information content (AvgIpc) is 2.32. The van der Waals surface area contributed by atoms with E-state index in [0.29, 0.717) is 12.8 Å². The van der Waals surface area contributed by atoms with E-state index in [4.69, 9.17) is 9.81 Å². The first-order valence-electron chi connectivity index (χ1n) is 5.28. The van der Waals surface area contributed by atoms with Gasteiger partial charge in [0.15, 0.2) is 0 Å². The second-order valence-electron chi connectivity index (χ2n) is 3.68. The molecule has 0 spiro atoms. The Morgan fingerprint density at radius 3 is 2.68 bits per heavy atom. The summed E-state index contributed by atoms with van der Waals surface area (Å²) in [5.41, 5.74) is 1.92. The molecule has 2 N–H and O–H groups in total. The molecule has 0 aliphatic heterocycles. The summed E-state index contributed by atoms with van der Waals surface area (Å²) in [6.07, 6.45) is 1.07. The minimum atomic E-state index is -4.36. The molecule has 0 aliphatic carbocycles. The molecular weight excluding hydrogens is 296 g/mol. The molecule has 0 atom stereocenters. The van der Waals surface area contributed by atoms with Crippen LogP contribution in [0.15, 0.2) is 23.1 Å². The summed E-state index contributed by atoms with van der Waals surface area (Å²) < 4.78 is 37.6. The van der Waals surface area contributed by atoms with Gasteiger partial charge in [-0.25, -0.2) is 9.44 Å². The van der Waals surface area contributed by atoms with E-state index < -0.39 is 10.4 Å². The number of rotatable bonds is 8. The number of hydrogen-bond donors (Lipinski definition) is 2. The Bertz CT molecular complexity index is 501. The van der Waals surface area contributed by atoms with Crippen molar-refractivity contribution < 1.29 is 31.8 Å². The van der Waals surface area contributed by atoms with Crippen molar-refractivity contribution in [3.8, 4) is 0 Å². The van der Waals surface area contributed by atoms with Crippen LogP contribution >= 0.6 is 12.0 Å². The highest BCUT2D eigenvalue weighted by Gasteiger charge is 2.05. The highest BCUT2D eigenvalue weighted by atomic mass is 32.3. The molecule has 0 aromatic heterocycles. The van der Waals surface area contributed by atoms with Crippen LogP contribution in [-0.2, 0) is 30.4 Å². The van der Waals surface area contributed by atoms with Gasteiger partial charge in [-0.05, 0) is 37.0 Å². The molecule has 0 saturated carbocycles. The summed E-state index contributed by atoms with van der Waals surface area (Å²) >= 11 is 0.878. The third kappa shape index (κ3) is 6.87. The maximum atomic E-state index is 10.3. The minimum absolute atomic E-state index is 0.0736. The van der Waals surface area contributed by atoms with E-state index in [2.05, 4.69) is 13.6 Å². The lowest BCUT2D eigenvalue weighted by Gasteiger charge is -2.06. The molecule has 9 heteroatoms. The molecule has 1 aromatic carbocycles. The Labute approximate surface area is 115 Å². The first-order chi connectivity index (χ1) is 8.92. The van der Waals surface area contributed by atoms with Crippen molar-refractivity contribution in [2.45, 2.75) is 24.7 Å². The Morgan fingerprint density at radius 2 is 2.11 bits per heavy atom. The molecule has 19 heavy (non-hydrogen) atoms. The van der Waals surface area contributed by atoms with Gasteiger partial charge in [-0.15, -0.1) is 4.33 Å². The van der Waals surface area contributed by atoms with Crippen LogP contribution in [-0.4, -0.2) is 24.8 Å². The van der Waals surface area contributed by atoms with Crippen LogP contribution in [0, 0.1) is 6.92 Å². The Hall–Kier alpha value is -0.680. The van der Waals surface area contributed by atoms with E-state index in [0.717, 1.165) is 28.1 Å². The van der Waals surface area contributed by atoms with E-state index in [-0.39, 0.29) is 6.61 Å². The predicted molar refractivity (Wildman–Crippen MR) is 67.7 cm³/mol. The molecule has 0 heterocycles. The molecule has 1 aromatic rings. The van der Waals surface area contributed by atoms with Crippen LogP contribution in [0.3, 0.4) is 0 Å². The Morgan fingerprint density at radius 1 is 1.37 bits per heavy atom. The SMILES string of the molecule is Cc1cc(CCCOS(=O)(=O)O)ccc1SOOO. The minimum Gasteiger partial charge on any atom is -0.264 e. The lowest BCUT2D eigenvalue weighted by molar-refractivity contribution is -0.432. The molecule has 7 nitrogen and oxygen atoms in total. The topological polar surface area (TPSA) is 102 Å². The normalized spacial score (nSPS) is 11.7. The maximum Gasteiger partial charge on any atom is 0.397 e. The monoisotopic (exact) mass is 310 g/mol. The molecule has 0 fully saturated rings. The largest absolute Gasteiger partial charge is 0.397 e. The van der Waals surface area contributed by atoms with Crippen LogP contribution in [0.1, 0.15) is 17.5 Å². The zero-order chi connectivity index (χ0) is 14.3. The van der Waals surface area contributed by atoms with Gasteiger partial charge in [-0.1, -0.05) is 17.2 Å². The van der Waals surface area contributed by atoms with Gasteiger partial charge in [0.1, 0.15) is 0 Å². The van der Waals surface area contributed by atoms with Gasteiger partial charge in [-0.3, -0.25) is 4.55 Å². The van der Waals surface area contributed by atoms with Gasteiger partial charge in [0, 0.05) is 4.90 Å². The molecule has 0 unspecified atom stereocenters. The molecule has 1 rings (SSSR count). The summed E-state index contributed by atoms with van der Waals surface area (Å²) in [5, 5.41) is 11.6. The van der Waals surface area contributed by atoms with Crippen molar-refractivity contribution in [3.05, 3.63) is 29.3 Å². The molecule has 0 aliphatic rings. The molecule has 0 amide bonds.